The van der Waals surface area contributed by atoms with Crippen molar-refractivity contribution in [3.8, 4) is 11.3 Å². The maximum Gasteiger partial charge on any atom is 0.321 e. The van der Waals surface area contributed by atoms with Crippen LogP contribution in [0.1, 0.15) is 16.1 Å². The van der Waals surface area contributed by atoms with Gasteiger partial charge < -0.3 is 5.32 Å². The van der Waals surface area contributed by atoms with Crippen LogP contribution in [0.3, 0.4) is 0 Å². The van der Waals surface area contributed by atoms with Crippen molar-refractivity contribution in [2.75, 3.05) is 5.32 Å². The fourth-order valence-corrected chi connectivity index (χ4v) is 3.04. The van der Waals surface area contributed by atoms with Crippen LogP contribution in [0, 0.1) is 13.8 Å². The van der Waals surface area contributed by atoms with Crippen molar-refractivity contribution in [3.63, 3.8) is 0 Å². The minimum absolute atomic E-state index is 0.283. The smallest absolute Gasteiger partial charge is 0.321 e. The second-order valence-electron chi connectivity index (χ2n) is 5.39. The molecule has 24 heavy (non-hydrogen) atoms. The Morgan fingerprint density at radius 3 is 2.83 bits per heavy atom. The highest BCUT2D eigenvalue weighted by Gasteiger charge is 2.08. The van der Waals surface area contributed by atoms with E-state index in [0.29, 0.717) is 11.7 Å². The van der Waals surface area contributed by atoms with Crippen molar-refractivity contribution in [1.82, 2.24) is 25.1 Å². The van der Waals surface area contributed by atoms with Crippen molar-refractivity contribution in [2.45, 2.75) is 20.4 Å². The van der Waals surface area contributed by atoms with Gasteiger partial charge in [0.1, 0.15) is 0 Å². The predicted octanol–water partition coefficient (Wildman–Crippen LogP) is 2.88. The zero-order chi connectivity index (χ0) is 17.1. The summed E-state index contributed by atoms with van der Waals surface area (Å²) in [4.78, 5) is 21.6. The van der Waals surface area contributed by atoms with Gasteiger partial charge in [0.15, 0.2) is 5.13 Å². The third-order valence-corrected chi connectivity index (χ3v) is 4.60. The van der Waals surface area contributed by atoms with E-state index in [0.717, 1.165) is 27.4 Å². The normalized spacial score (nSPS) is 10.6. The van der Waals surface area contributed by atoms with E-state index < -0.39 is 0 Å². The Balaban J connectivity index is 1.62. The van der Waals surface area contributed by atoms with E-state index in [2.05, 4.69) is 25.7 Å². The first kappa shape index (κ1) is 16.1. The van der Waals surface area contributed by atoms with E-state index in [1.165, 1.54) is 11.3 Å². The number of carbonyl (C=O) groups excluding carboxylic acids is 1. The molecule has 0 bridgehead atoms. The molecule has 0 aliphatic carbocycles. The van der Waals surface area contributed by atoms with Gasteiger partial charge in [-0.25, -0.2) is 9.78 Å². The minimum atomic E-state index is -0.283. The number of hydrogen-bond acceptors (Lipinski definition) is 5. The second-order valence-corrected chi connectivity index (χ2v) is 6.59. The Morgan fingerprint density at radius 2 is 2.17 bits per heavy atom. The molecule has 124 valence electrons. The number of hydrogen-bond donors (Lipinski definition) is 2. The van der Waals surface area contributed by atoms with Gasteiger partial charge in [0.05, 0.1) is 11.4 Å². The molecule has 0 aliphatic rings. The van der Waals surface area contributed by atoms with E-state index >= 15 is 0 Å². The zero-order valence-corrected chi connectivity index (χ0v) is 14.5. The van der Waals surface area contributed by atoms with Crippen LogP contribution in [-0.4, -0.2) is 25.8 Å². The van der Waals surface area contributed by atoms with Crippen LogP contribution in [0.2, 0.25) is 0 Å². The first-order valence-electron chi connectivity index (χ1n) is 7.44. The number of nitrogens with one attached hydrogen (secondary N) is 2. The van der Waals surface area contributed by atoms with E-state index in [1.807, 2.05) is 33.0 Å². The summed E-state index contributed by atoms with van der Waals surface area (Å²) >= 11 is 1.46. The molecule has 8 heteroatoms. The van der Waals surface area contributed by atoms with Crippen LogP contribution >= 0.6 is 11.3 Å². The first-order chi connectivity index (χ1) is 11.5. The Bertz CT molecular complexity index is 850. The van der Waals surface area contributed by atoms with Gasteiger partial charge in [-0.1, -0.05) is 0 Å². The number of thiazole rings is 1. The lowest BCUT2D eigenvalue weighted by atomic mass is 10.1. The molecule has 3 rings (SSSR count). The van der Waals surface area contributed by atoms with Crippen LogP contribution < -0.4 is 10.6 Å². The molecule has 0 radical (unpaired) electrons. The Morgan fingerprint density at radius 1 is 1.33 bits per heavy atom. The summed E-state index contributed by atoms with van der Waals surface area (Å²) < 4.78 is 1.79. The third kappa shape index (κ3) is 3.60. The molecule has 2 N–H and O–H groups in total. The lowest BCUT2D eigenvalue weighted by Crippen LogP contribution is -2.28. The average Bonchev–Trinajstić information content (AvgIpc) is 3.11. The molecule has 7 nitrogen and oxygen atoms in total. The predicted molar refractivity (Wildman–Crippen MR) is 93.9 cm³/mol. The van der Waals surface area contributed by atoms with Crippen LogP contribution in [0.15, 0.2) is 30.7 Å². The molecule has 3 heterocycles. The Kier molecular flexibility index (Phi) is 4.57. The summed E-state index contributed by atoms with van der Waals surface area (Å²) in [5.74, 6) is 0. The number of urea groups is 1. The molecular weight excluding hydrogens is 324 g/mol. The van der Waals surface area contributed by atoms with E-state index in [4.69, 9.17) is 0 Å². The molecule has 0 unspecified atom stereocenters. The van der Waals surface area contributed by atoms with E-state index in [9.17, 15) is 4.79 Å². The topological polar surface area (TPSA) is 84.7 Å². The molecule has 3 aromatic heterocycles. The Labute approximate surface area is 143 Å². The van der Waals surface area contributed by atoms with Crippen molar-refractivity contribution in [2.24, 2.45) is 7.05 Å². The van der Waals surface area contributed by atoms with Crippen molar-refractivity contribution >= 4 is 22.5 Å². The standard InChI is InChI=1S/C16H18N6OS/c1-10-11(2)24-16(20-10)21-15(23)18-8-12-6-13(9-17-7-12)14-4-5-19-22(14)3/h4-7,9H,8H2,1-3H3,(H2,18,20,21,23). The summed E-state index contributed by atoms with van der Waals surface area (Å²) in [5.41, 5.74) is 3.78. The lowest BCUT2D eigenvalue weighted by Gasteiger charge is -2.07. The summed E-state index contributed by atoms with van der Waals surface area (Å²) in [6, 6.07) is 3.63. The summed E-state index contributed by atoms with van der Waals surface area (Å²) in [6.07, 6.45) is 5.26. The number of carbonyl (C=O) groups is 1. The van der Waals surface area contributed by atoms with Gasteiger partial charge >= 0.3 is 6.03 Å². The largest absolute Gasteiger partial charge is 0.334 e. The first-order valence-corrected chi connectivity index (χ1v) is 8.26. The highest BCUT2D eigenvalue weighted by Crippen LogP contribution is 2.21. The molecule has 0 fully saturated rings. The zero-order valence-electron chi connectivity index (χ0n) is 13.7. The van der Waals surface area contributed by atoms with Gasteiger partial charge in [-0.3, -0.25) is 15.0 Å². The van der Waals surface area contributed by atoms with E-state index in [-0.39, 0.29) is 6.03 Å². The number of amides is 2. The molecule has 0 aromatic carbocycles. The molecule has 0 atom stereocenters. The molecule has 3 aromatic rings. The van der Waals surface area contributed by atoms with Crippen LogP contribution in [0.4, 0.5) is 9.93 Å². The molecule has 2 amide bonds. The highest BCUT2D eigenvalue weighted by atomic mass is 32.1. The van der Waals surface area contributed by atoms with Gasteiger partial charge in [-0.2, -0.15) is 5.10 Å². The maximum atomic E-state index is 12.0. The highest BCUT2D eigenvalue weighted by molar-refractivity contribution is 7.15. The number of aryl methyl sites for hydroxylation is 3. The van der Waals surface area contributed by atoms with Gasteiger partial charge in [0.25, 0.3) is 0 Å². The van der Waals surface area contributed by atoms with E-state index in [1.54, 1.807) is 23.3 Å². The van der Waals surface area contributed by atoms with Gasteiger partial charge in [0.2, 0.25) is 0 Å². The summed E-state index contributed by atoms with van der Waals surface area (Å²) in [5, 5.41) is 10.3. The quantitative estimate of drug-likeness (QED) is 0.763. The third-order valence-electron chi connectivity index (χ3n) is 3.61. The Hall–Kier alpha value is -2.74. The maximum absolute atomic E-state index is 12.0. The van der Waals surface area contributed by atoms with Crippen LogP contribution in [-0.2, 0) is 13.6 Å². The fourth-order valence-electron chi connectivity index (χ4n) is 2.23. The van der Waals surface area contributed by atoms with Crippen LogP contribution in [0.5, 0.6) is 0 Å². The minimum Gasteiger partial charge on any atom is -0.334 e. The van der Waals surface area contributed by atoms with Crippen LogP contribution in [0.25, 0.3) is 11.3 Å². The van der Waals surface area contributed by atoms with Crippen molar-refractivity contribution < 1.29 is 4.79 Å². The second kappa shape index (κ2) is 6.79. The van der Waals surface area contributed by atoms with Crippen molar-refractivity contribution in [3.05, 3.63) is 46.9 Å². The lowest BCUT2D eigenvalue weighted by molar-refractivity contribution is 0.251. The number of aromatic nitrogens is 4. The molecule has 0 spiro atoms. The van der Waals surface area contributed by atoms with Gasteiger partial charge in [-0.15, -0.1) is 11.3 Å². The summed E-state index contributed by atoms with van der Waals surface area (Å²) in [6.45, 7) is 4.28. The van der Waals surface area contributed by atoms with Gasteiger partial charge in [0, 0.05) is 42.6 Å². The summed E-state index contributed by atoms with van der Waals surface area (Å²) in [7, 11) is 1.88. The van der Waals surface area contributed by atoms with Crippen molar-refractivity contribution in [1.29, 1.82) is 0 Å². The number of pyridine rings is 1. The monoisotopic (exact) mass is 342 g/mol. The number of nitrogens with zero attached hydrogens (tertiary/aromatic N) is 4. The molecule has 0 saturated carbocycles. The average molecular weight is 342 g/mol. The molecule has 0 saturated heterocycles. The fraction of sp³-hybridized carbons (Fsp3) is 0.250. The number of anilines is 1. The van der Waals surface area contributed by atoms with Gasteiger partial charge in [-0.05, 0) is 31.5 Å². The molecular formula is C16H18N6OS. The SMILES string of the molecule is Cc1nc(NC(=O)NCc2cncc(-c3ccnn3C)c2)sc1C. The molecule has 0 aliphatic heterocycles. The number of rotatable bonds is 4.